The largest absolute Gasteiger partial charge is 0.462 e. The number of urea groups is 1. The Kier molecular flexibility index (Phi) is 12.2. The summed E-state index contributed by atoms with van der Waals surface area (Å²) in [6, 6.07) is 9.25. The van der Waals surface area contributed by atoms with E-state index in [0.717, 1.165) is 6.42 Å². The molecule has 224 valence electrons. The van der Waals surface area contributed by atoms with E-state index in [1.54, 1.807) is 36.8 Å². The lowest BCUT2D eigenvalue weighted by Gasteiger charge is -2.40. The number of hydrogen-bond acceptors (Lipinski definition) is 11. The number of amides is 2. The van der Waals surface area contributed by atoms with Gasteiger partial charge in [-0.25, -0.2) is 4.79 Å². The molecule has 0 bridgehead atoms. The number of pyridine rings is 1. The summed E-state index contributed by atoms with van der Waals surface area (Å²) in [5, 5.41) is 39.6. The number of aliphatic imine (C=N–C) groups is 1. The van der Waals surface area contributed by atoms with E-state index in [1.807, 2.05) is 6.07 Å². The van der Waals surface area contributed by atoms with Crippen molar-refractivity contribution in [3.05, 3.63) is 48.8 Å². The number of nitrogens with two attached hydrogens (primary N) is 1. The average molecular weight is 595 g/mol. The lowest BCUT2D eigenvalue weighted by atomic mass is 9.97. The molecule has 1 fully saturated rings. The van der Waals surface area contributed by atoms with Gasteiger partial charge in [-0.3, -0.25) is 14.5 Å². The first kappa shape index (κ1) is 32.1. The van der Waals surface area contributed by atoms with E-state index >= 15 is 0 Å². The van der Waals surface area contributed by atoms with Crippen LogP contribution in [0.3, 0.4) is 0 Å². The molecule has 1 aliphatic rings. The van der Waals surface area contributed by atoms with E-state index in [2.05, 4.69) is 25.7 Å². The minimum absolute atomic E-state index is 0.224. The van der Waals surface area contributed by atoms with Crippen LogP contribution in [0.2, 0.25) is 0 Å². The fraction of sp³-hybridized carbons (Fsp3) is 0.440. The topological polar surface area (TPSA) is 241 Å². The molecule has 9 N–H and O–H groups in total. The van der Waals surface area contributed by atoms with Gasteiger partial charge in [-0.05, 0) is 62.1 Å². The van der Waals surface area contributed by atoms with Crippen molar-refractivity contribution in [3.63, 3.8) is 0 Å². The van der Waals surface area contributed by atoms with Gasteiger partial charge in [0.25, 0.3) is 0 Å². The highest BCUT2D eigenvalue weighted by Crippen LogP contribution is 2.37. The summed E-state index contributed by atoms with van der Waals surface area (Å²) in [7, 11) is -4.36. The highest BCUT2D eigenvalue weighted by molar-refractivity contribution is 7.51. The number of hydrogen-bond donors (Lipinski definition) is 8. The molecule has 15 nitrogen and oxygen atoms in total. The van der Waals surface area contributed by atoms with Gasteiger partial charge in [0.15, 0.2) is 0 Å². The van der Waals surface area contributed by atoms with Gasteiger partial charge in [0.1, 0.15) is 24.1 Å². The maximum atomic E-state index is 12.2. The molecule has 2 aromatic rings. The Morgan fingerprint density at radius 1 is 1.12 bits per heavy atom. The molecule has 1 aromatic heterocycles. The first-order chi connectivity index (χ1) is 19.6. The van der Waals surface area contributed by atoms with E-state index in [4.69, 9.17) is 25.1 Å². The molecule has 1 saturated heterocycles. The van der Waals surface area contributed by atoms with Crippen molar-refractivity contribution in [1.82, 2.24) is 10.3 Å². The Labute approximate surface area is 236 Å². The van der Waals surface area contributed by atoms with Crippen LogP contribution < -0.4 is 21.2 Å². The van der Waals surface area contributed by atoms with E-state index < -0.39 is 50.5 Å². The van der Waals surface area contributed by atoms with Crippen molar-refractivity contribution in [2.45, 2.75) is 56.4 Å². The van der Waals surface area contributed by atoms with Crippen LogP contribution in [0.15, 0.2) is 58.9 Å². The second-order valence-electron chi connectivity index (χ2n) is 9.26. The number of hydrazone groups is 1. The summed E-state index contributed by atoms with van der Waals surface area (Å²) in [5.41, 5.74) is 1.77. The predicted octanol–water partition coefficient (Wildman–Crippen LogP) is 0.845. The lowest BCUT2D eigenvalue weighted by Crippen LogP contribution is -2.59. The maximum absolute atomic E-state index is 12.2. The monoisotopic (exact) mass is 594 g/mol. The Bertz CT molecular complexity index is 1210. The van der Waals surface area contributed by atoms with Gasteiger partial charge in [0.05, 0.1) is 36.1 Å². The maximum Gasteiger partial charge on any atom is 0.325 e. The highest BCUT2D eigenvalue weighted by atomic mass is 31.2. The van der Waals surface area contributed by atoms with Gasteiger partial charge in [0, 0.05) is 18.4 Å². The van der Waals surface area contributed by atoms with Crippen molar-refractivity contribution in [2.75, 3.05) is 18.0 Å². The van der Waals surface area contributed by atoms with E-state index in [1.165, 1.54) is 12.1 Å². The normalized spacial score (nSPS) is 23.3. The molecule has 0 unspecified atom stereocenters. The van der Waals surface area contributed by atoms with Crippen LogP contribution in [0.5, 0.6) is 5.75 Å². The number of unbranched alkanes of at least 4 members (excludes halogenated alkanes) is 1. The zero-order chi connectivity index (χ0) is 29.8. The standard InChI is InChI=1S/C25H35N6O9P/c26-31-18(15-29-17-5-3-11-27-14-17)4-1-2-12-28-25(35)30-16-6-8-19(9-7-16)39-24-23(34)22(33)21(32)20(40-24)10-13-41(36,37)38/h3,5-9,11,14-15,20-24,32-34H,1-2,4,10,12-13,26H2,(H2,28,30,35)(H2,36,37,38)/b29-15?,31-18-/t20-,21-,22+,23+,24+/m1/s1. The van der Waals surface area contributed by atoms with Crippen molar-refractivity contribution < 1.29 is 43.9 Å². The molecule has 1 aromatic carbocycles. The molecule has 0 radical (unpaired) electrons. The van der Waals surface area contributed by atoms with E-state index in [0.29, 0.717) is 36.5 Å². The zero-order valence-corrected chi connectivity index (χ0v) is 23.0. The van der Waals surface area contributed by atoms with E-state index in [-0.39, 0.29) is 12.2 Å². The molecule has 0 aliphatic carbocycles. The number of rotatable bonds is 13. The number of aromatic nitrogens is 1. The second kappa shape index (κ2) is 15.5. The summed E-state index contributed by atoms with van der Waals surface area (Å²) in [6.45, 7) is 0.416. The van der Waals surface area contributed by atoms with Crippen molar-refractivity contribution in [2.24, 2.45) is 15.9 Å². The van der Waals surface area contributed by atoms with Gasteiger partial charge in [0.2, 0.25) is 6.29 Å². The summed E-state index contributed by atoms with van der Waals surface area (Å²) in [6.07, 6.45) is -1.34. The Morgan fingerprint density at radius 3 is 2.54 bits per heavy atom. The summed E-state index contributed by atoms with van der Waals surface area (Å²) >= 11 is 0. The fourth-order valence-corrected chi connectivity index (χ4v) is 4.44. The highest BCUT2D eigenvalue weighted by Gasteiger charge is 2.45. The van der Waals surface area contributed by atoms with Crippen molar-refractivity contribution in [3.8, 4) is 5.75 Å². The fourth-order valence-electron chi connectivity index (χ4n) is 3.85. The molecule has 3 rings (SSSR count). The summed E-state index contributed by atoms with van der Waals surface area (Å²) < 4.78 is 22.2. The number of carbonyl (C=O) groups is 1. The zero-order valence-electron chi connectivity index (χ0n) is 22.1. The SMILES string of the molecule is N/N=C(\C=Nc1cccnc1)CCCCNC(=O)Nc1ccc(O[C@H]2O[C@H](CCP(=O)(O)O)[C@@H](O)[C@H](O)[C@@H]2O)cc1. The van der Waals surface area contributed by atoms with Crippen LogP contribution >= 0.6 is 7.60 Å². The lowest BCUT2D eigenvalue weighted by molar-refractivity contribution is -0.272. The summed E-state index contributed by atoms with van der Waals surface area (Å²) in [4.78, 5) is 38.6. The number of ether oxygens (including phenoxy) is 2. The number of carbonyl (C=O) groups excluding carboxylic acids is 1. The smallest absolute Gasteiger partial charge is 0.325 e. The molecule has 41 heavy (non-hydrogen) atoms. The number of benzene rings is 1. The first-order valence-corrected chi connectivity index (χ1v) is 14.6. The molecule has 0 saturated carbocycles. The number of aliphatic hydroxyl groups excluding tert-OH is 3. The van der Waals surface area contributed by atoms with Gasteiger partial charge in [-0.15, -0.1) is 0 Å². The first-order valence-electron chi connectivity index (χ1n) is 12.8. The van der Waals surface area contributed by atoms with Gasteiger partial charge in [-0.2, -0.15) is 5.10 Å². The number of anilines is 1. The van der Waals surface area contributed by atoms with Crippen LogP contribution in [-0.2, 0) is 9.30 Å². The van der Waals surface area contributed by atoms with Crippen LogP contribution in [0, 0.1) is 0 Å². The molecule has 2 amide bonds. The minimum atomic E-state index is -4.36. The van der Waals surface area contributed by atoms with Crippen LogP contribution in [-0.4, -0.2) is 91.5 Å². The predicted molar refractivity (Wildman–Crippen MR) is 150 cm³/mol. The Hall–Kier alpha value is -3.43. The Morgan fingerprint density at radius 2 is 1.88 bits per heavy atom. The number of nitrogens with one attached hydrogen (secondary N) is 2. The second-order valence-corrected chi connectivity index (χ2v) is 11.0. The van der Waals surface area contributed by atoms with Gasteiger partial charge >= 0.3 is 13.6 Å². The average Bonchev–Trinajstić information content (AvgIpc) is 2.95. The number of aliphatic hydroxyl groups is 3. The van der Waals surface area contributed by atoms with Crippen LogP contribution in [0.4, 0.5) is 16.2 Å². The molecule has 5 atom stereocenters. The third kappa shape index (κ3) is 10.8. The third-order valence-corrected chi connectivity index (χ3v) is 6.90. The minimum Gasteiger partial charge on any atom is -0.462 e. The third-order valence-electron chi connectivity index (χ3n) is 6.06. The molecular formula is C25H35N6O9P. The van der Waals surface area contributed by atoms with Crippen molar-refractivity contribution in [1.29, 1.82) is 0 Å². The van der Waals surface area contributed by atoms with E-state index in [9.17, 15) is 24.7 Å². The quantitative estimate of drug-likeness (QED) is 0.0531. The van der Waals surface area contributed by atoms with Crippen LogP contribution in [0.1, 0.15) is 25.7 Å². The van der Waals surface area contributed by atoms with Gasteiger partial charge < -0.3 is 51.1 Å². The molecule has 1 aliphatic heterocycles. The van der Waals surface area contributed by atoms with Crippen molar-refractivity contribution >= 4 is 36.9 Å². The van der Waals surface area contributed by atoms with Gasteiger partial charge in [-0.1, -0.05) is 0 Å². The Balaban J connectivity index is 1.39. The molecule has 2 heterocycles. The number of nitrogens with zero attached hydrogens (tertiary/aromatic N) is 3. The summed E-state index contributed by atoms with van der Waals surface area (Å²) in [5.74, 6) is 5.65. The van der Waals surface area contributed by atoms with Crippen LogP contribution in [0.25, 0.3) is 0 Å². The molecule has 0 spiro atoms. The molecular weight excluding hydrogens is 559 g/mol. The molecule has 16 heteroatoms.